The summed E-state index contributed by atoms with van der Waals surface area (Å²) in [5.41, 5.74) is 0. The zero-order valence-corrected chi connectivity index (χ0v) is 13.3. The minimum atomic E-state index is 0.235. The van der Waals surface area contributed by atoms with Crippen molar-refractivity contribution in [2.75, 3.05) is 30.4 Å². The lowest BCUT2D eigenvalue weighted by Crippen LogP contribution is -2.37. The molecule has 0 aromatic carbocycles. The highest BCUT2D eigenvalue weighted by molar-refractivity contribution is 9.10. The maximum Gasteiger partial charge on any atom is 0.224 e. The molecule has 19 heavy (non-hydrogen) atoms. The fraction of sp³-hybridized carbons (Fsp3) is 0.692. The fourth-order valence-electron chi connectivity index (χ4n) is 2.31. The number of nitrogens with one attached hydrogen (secondary N) is 1. The second-order valence-electron chi connectivity index (χ2n) is 4.83. The zero-order valence-electron chi connectivity index (χ0n) is 11.7. The minimum Gasteiger partial charge on any atom is -0.376 e. The smallest absolute Gasteiger partial charge is 0.224 e. The summed E-state index contributed by atoms with van der Waals surface area (Å²) in [6.45, 7) is 5.93. The molecule has 0 saturated carbocycles. The number of halogens is 1. The van der Waals surface area contributed by atoms with E-state index in [-0.39, 0.29) is 6.10 Å². The highest BCUT2D eigenvalue weighted by Crippen LogP contribution is 2.29. The summed E-state index contributed by atoms with van der Waals surface area (Å²) in [5.74, 6) is 1.59. The van der Waals surface area contributed by atoms with Crippen LogP contribution in [-0.2, 0) is 4.74 Å². The van der Waals surface area contributed by atoms with Crippen molar-refractivity contribution in [3.8, 4) is 0 Å². The molecule has 1 aromatic rings. The van der Waals surface area contributed by atoms with Gasteiger partial charge in [-0.25, -0.2) is 4.98 Å². The van der Waals surface area contributed by atoms with Crippen molar-refractivity contribution in [2.45, 2.75) is 38.8 Å². The third kappa shape index (κ3) is 3.36. The van der Waals surface area contributed by atoms with Crippen molar-refractivity contribution >= 4 is 27.7 Å². The van der Waals surface area contributed by atoms with Gasteiger partial charge in [0.1, 0.15) is 5.82 Å². The second-order valence-corrected chi connectivity index (χ2v) is 5.69. The van der Waals surface area contributed by atoms with Gasteiger partial charge in [-0.15, -0.1) is 0 Å². The van der Waals surface area contributed by atoms with Crippen LogP contribution in [-0.4, -0.2) is 42.3 Å². The Hall–Kier alpha value is -0.880. The summed E-state index contributed by atoms with van der Waals surface area (Å²) in [6.07, 6.45) is 4.13. The topological polar surface area (TPSA) is 50.3 Å². The quantitative estimate of drug-likeness (QED) is 0.900. The first kappa shape index (κ1) is 14.5. The molecule has 2 heterocycles. The summed E-state index contributed by atoms with van der Waals surface area (Å²) in [5, 5.41) is 3.22. The van der Waals surface area contributed by atoms with Crippen LogP contribution < -0.4 is 10.2 Å². The molecule has 2 atom stereocenters. The molecule has 0 bridgehead atoms. The van der Waals surface area contributed by atoms with Gasteiger partial charge in [-0.1, -0.05) is 6.92 Å². The van der Waals surface area contributed by atoms with Gasteiger partial charge in [0, 0.05) is 26.4 Å². The average Bonchev–Trinajstić information content (AvgIpc) is 2.83. The van der Waals surface area contributed by atoms with Crippen LogP contribution in [0.5, 0.6) is 0 Å². The van der Waals surface area contributed by atoms with E-state index in [9.17, 15) is 0 Å². The van der Waals surface area contributed by atoms with E-state index in [2.05, 4.69) is 57.0 Å². The van der Waals surface area contributed by atoms with E-state index >= 15 is 0 Å². The largest absolute Gasteiger partial charge is 0.376 e. The molecule has 2 rings (SSSR count). The number of aromatic nitrogens is 2. The van der Waals surface area contributed by atoms with Gasteiger partial charge in [-0.2, -0.15) is 4.98 Å². The van der Waals surface area contributed by atoms with Gasteiger partial charge in [0.2, 0.25) is 5.95 Å². The monoisotopic (exact) mass is 328 g/mol. The van der Waals surface area contributed by atoms with Crippen molar-refractivity contribution in [3.05, 3.63) is 10.7 Å². The summed E-state index contributed by atoms with van der Waals surface area (Å²) in [6, 6.07) is 0.366. The molecule has 0 radical (unpaired) electrons. The molecule has 1 aromatic heterocycles. The number of hydrogen-bond acceptors (Lipinski definition) is 5. The Kier molecular flexibility index (Phi) is 4.99. The van der Waals surface area contributed by atoms with Gasteiger partial charge >= 0.3 is 0 Å². The maximum absolute atomic E-state index is 5.63. The van der Waals surface area contributed by atoms with Gasteiger partial charge in [0.15, 0.2) is 0 Å². The number of nitrogens with zero attached hydrogens (tertiary/aromatic N) is 3. The zero-order chi connectivity index (χ0) is 13.8. The maximum atomic E-state index is 5.63. The molecule has 5 nitrogen and oxygen atoms in total. The Balaban J connectivity index is 2.17. The van der Waals surface area contributed by atoms with Crippen LogP contribution in [0.4, 0.5) is 11.8 Å². The van der Waals surface area contributed by atoms with E-state index in [0.717, 1.165) is 36.3 Å². The summed E-state index contributed by atoms with van der Waals surface area (Å²) in [4.78, 5) is 11.0. The van der Waals surface area contributed by atoms with Crippen LogP contribution in [0.3, 0.4) is 0 Å². The number of likely N-dealkylation sites (N-methyl/N-ethyl adjacent to an activating group) is 1. The summed E-state index contributed by atoms with van der Waals surface area (Å²) >= 11 is 3.53. The minimum absolute atomic E-state index is 0.235. The number of hydrogen-bond donors (Lipinski definition) is 1. The lowest BCUT2D eigenvalue weighted by Gasteiger charge is -2.28. The Morgan fingerprint density at radius 1 is 1.58 bits per heavy atom. The van der Waals surface area contributed by atoms with Crippen LogP contribution in [0.2, 0.25) is 0 Å². The molecule has 2 unspecified atom stereocenters. The third-order valence-electron chi connectivity index (χ3n) is 3.43. The lowest BCUT2D eigenvalue weighted by molar-refractivity contribution is 0.118. The first-order valence-corrected chi connectivity index (χ1v) is 7.53. The van der Waals surface area contributed by atoms with E-state index in [4.69, 9.17) is 4.74 Å². The van der Waals surface area contributed by atoms with Gasteiger partial charge in [0.25, 0.3) is 0 Å². The fourth-order valence-corrected chi connectivity index (χ4v) is 2.78. The second kappa shape index (κ2) is 6.52. The van der Waals surface area contributed by atoms with Crippen molar-refractivity contribution in [1.29, 1.82) is 0 Å². The van der Waals surface area contributed by atoms with Gasteiger partial charge in [-0.3, -0.25) is 0 Å². The Labute approximate surface area is 122 Å². The molecule has 0 aliphatic carbocycles. The number of rotatable bonds is 5. The molecule has 1 N–H and O–H groups in total. The van der Waals surface area contributed by atoms with Crippen LogP contribution >= 0.6 is 15.9 Å². The van der Waals surface area contributed by atoms with Crippen molar-refractivity contribution in [3.63, 3.8) is 0 Å². The van der Waals surface area contributed by atoms with E-state index in [1.54, 1.807) is 6.20 Å². The normalized spacial score (nSPS) is 22.5. The predicted octanol–water partition coefficient (Wildman–Crippen LogP) is 2.67. The Morgan fingerprint density at radius 2 is 2.37 bits per heavy atom. The van der Waals surface area contributed by atoms with Crippen LogP contribution in [0.25, 0.3) is 0 Å². The van der Waals surface area contributed by atoms with Crippen LogP contribution in [0, 0.1) is 0 Å². The van der Waals surface area contributed by atoms with Gasteiger partial charge < -0.3 is 15.0 Å². The molecule has 0 amide bonds. The van der Waals surface area contributed by atoms with Crippen LogP contribution in [0.1, 0.15) is 26.7 Å². The molecule has 106 valence electrons. The van der Waals surface area contributed by atoms with Crippen molar-refractivity contribution in [1.82, 2.24) is 9.97 Å². The number of anilines is 2. The third-order valence-corrected chi connectivity index (χ3v) is 3.99. The molecule has 1 saturated heterocycles. The van der Waals surface area contributed by atoms with Gasteiger partial charge in [0.05, 0.1) is 16.6 Å². The molecule has 1 fully saturated rings. The van der Waals surface area contributed by atoms with Crippen molar-refractivity contribution in [2.24, 2.45) is 0 Å². The molecular formula is C13H21BrN4O. The first-order valence-electron chi connectivity index (χ1n) is 6.74. The highest BCUT2D eigenvalue weighted by atomic mass is 79.9. The first-order chi connectivity index (χ1) is 9.13. The van der Waals surface area contributed by atoms with E-state index < -0.39 is 0 Å². The highest BCUT2D eigenvalue weighted by Gasteiger charge is 2.29. The average molecular weight is 329 g/mol. The molecule has 6 heteroatoms. The van der Waals surface area contributed by atoms with Crippen molar-refractivity contribution < 1.29 is 4.74 Å². The molecule has 0 spiro atoms. The van der Waals surface area contributed by atoms with E-state index in [1.165, 1.54) is 0 Å². The SMILES string of the molecule is CCCNc1ncc(Br)c(N(C)C2CCOC2C)n1. The van der Waals surface area contributed by atoms with E-state index in [0.29, 0.717) is 12.0 Å². The standard InChI is InChI=1S/C13H21BrN4O/c1-4-6-15-13-16-8-10(14)12(17-13)18(3)11-5-7-19-9(11)2/h8-9,11H,4-7H2,1-3H3,(H,15,16,17). The van der Waals surface area contributed by atoms with Gasteiger partial charge in [-0.05, 0) is 35.7 Å². The Morgan fingerprint density at radius 3 is 3.00 bits per heavy atom. The Bertz CT molecular complexity index is 429. The van der Waals surface area contributed by atoms with Crippen LogP contribution in [0.15, 0.2) is 10.7 Å². The lowest BCUT2D eigenvalue weighted by atomic mass is 10.1. The summed E-state index contributed by atoms with van der Waals surface area (Å²) < 4.78 is 6.54. The summed E-state index contributed by atoms with van der Waals surface area (Å²) in [7, 11) is 2.06. The predicted molar refractivity (Wildman–Crippen MR) is 80.7 cm³/mol. The van der Waals surface area contributed by atoms with E-state index in [1.807, 2.05) is 0 Å². The number of ether oxygens (including phenoxy) is 1. The molecule has 1 aliphatic rings. The molecule has 1 aliphatic heterocycles. The molecular weight excluding hydrogens is 308 g/mol.